The summed E-state index contributed by atoms with van der Waals surface area (Å²) in [5.74, 6) is -1.15. The van der Waals surface area contributed by atoms with Crippen molar-refractivity contribution in [1.29, 1.82) is 0 Å². The Morgan fingerprint density at radius 2 is 2.00 bits per heavy atom. The Hall–Kier alpha value is -1.01. The highest BCUT2D eigenvalue weighted by Crippen LogP contribution is 2.71. The second kappa shape index (κ2) is 6.00. The van der Waals surface area contributed by atoms with Gasteiger partial charge >= 0.3 is 0 Å². The van der Waals surface area contributed by atoms with Gasteiger partial charge in [-0.2, -0.15) is 0 Å². The number of allylic oxidation sites excluding steroid dienone is 4. The van der Waals surface area contributed by atoms with Crippen molar-refractivity contribution in [2.24, 2.45) is 28.6 Å². The first-order valence-corrected chi connectivity index (χ1v) is 10.5. The van der Waals surface area contributed by atoms with Gasteiger partial charge in [0.25, 0.3) is 0 Å². The number of halogens is 1. The standard InChI is InChI=1S/C22H29ClO5/c1-12-8-16-15-5-4-13-9-14(25)6-7-19(13,2)21(15,23)17(26)10-20(16,3)22(12,28)18(27)11-24/h6-7,9,12,15-17,24,26,28H,4-5,8,10-11H2,1-3H3/t12-,15-,16+,17-,19-,20-,21-,22+/m0/s1. The van der Waals surface area contributed by atoms with Crippen LogP contribution in [0.4, 0.5) is 0 Å². The van der Waals surface area contributed by atoms with E-state index in [4.69, 9.17) is 11.6 Å². The number of carbonyl (C=O) groups is 2. The third-order valence-corrected chi connectivity index (χ3v) is 9.72. The molecule has 5 nitrogen and oxygen atoms in total. The van der Waals surface area contributed by atoms with E-state index in [1.807, 2.05) is 26.8 Å². The fourth-order valence-corrected chi connectivity index (χ4v) is 7.78. The molecule has 0 aromatic rings. The highest BCUT2D eigenvalue weighted by Gasteiger charge is 2.74. The molecule has 28 heavy (non-hydrogen) atoms. The van der Waals surface area contributed by atoms with Crippen LogP contribution in [0.1, 0.15) is 46.5 Å². The number of hydrogen-bond acceptors (Lipinski definition) is 5. The molecule has 0 bridgehead atoms. The number of rotatable bonds is 2. The lowest BCUT2D eigenvalue weighted by atomic mass is 9.45. The first-order chi connectivity index (χ1) is 13.0. The zero-order valence-electron chi connectivity index (χ0n) is 16.6. The summed E-state index contributed by atoms with van der Waals surface area (Å²) in [6, 6.07) is 0. The monoisotopic (exact) mass is 408 g/mol. The molecular weight excluding hydrogens is 380 g/mol. The molecule has 0 unspecified atom stereocenters. The molecule has 4 rings (SSSR count). The SMILES string of the molecule is C[C@H]1C[C@@H]2[C@@H]3CCC4=CC(=O)C=C[C@]4(C)[C@@]3(Cl)[C@@H](O)C[C@]2(C)[C@]1(O)C(=O)CO. The summed E-state index contributed by atoms with van der Waals surface area (Å²) in [5.41, 5.74) is -2.25. The summed E-state index contributed by atoms with van der Waals surface area (Å²) in [6.45, 7) is 4.97. The Labute approximate surface area is 170 Å². The zero-order valence-corrected chi connectivity index (χ0v) is 17.4. The van der Waals surface area contributed by atoms with Crippen LogP contribution in [-0.2, 0) is 9.59 Å². The molecule has 0 aromatic carbocycles. The number of hydrogen-bond donors (Lipinski definition) is 3. The highest BCUT2D eigenvalue weighted by molar-refractivity contribution is 6.26. The number of carbonyl (C=O) groups excluding carboxylic acids is 2. The quantitative estimate of drug-likeness (QED) is 0.608. The van der Waals surface area contributed by atoms with Gasteiger partial charge in [-0.3, -0.25) is 9.59 Å². The van der Waals surface area contributed by atoms with Crippen LogP contribution in [0.2, 0.25) is 0 Å². The topological polar surface area (TPSA) is 94.8 Å². The van der Waals surface area contributed by atoms with Crippen LogP contribution in [0, 0.1) is 28.6 Å². The maximum absolute atomic E-state index is 12.6. The van der Waals surface area contributed by atoms with Crippen LogP contribution in [0.25, 0.3) is 0 Å². The molecule has 8 atom stereocenters. The van der Waals surface area contributed by atoms with Crippen molar-refractivity contribution < 1.29 is 24.9 Å². The van der Waals surface area contributed by atoms with Gasteiger partial charge in [-0.25, -0.2) is 0 Å². The second-order valence-electron chi connectivity index (χ2n) is 9.75. The third-order valence-electron chi connectivity index (χ3n) is 8.79. The molecule has 0 radical (unpaired) electrons. The van der Waals surface area contributed by atoms with Gasteiger partial charge in [-0.15, -0.1) is 11.6 Å². The molecule has 0 aromatic heterocycles. The van der Waals surface area contributed by atoms with Gasteiger partial charge in [0.2, 0.25) is 0 Å². The first kappa shape index (κ1) is 20.3. The molecule has 3 fully saturated rings. The molecular formula is C22H29ClO5. The summed E-state index contributed by atoms with van der Waals surface area (Å²) in [6.07, 6.45) is 6.22. The normalized spacial score (nSPS) is 52.5. The van der Waals surface area contributed by atoms with E-state index in [-0.39, 0.29) is 30.0 Å². The van der Waals surface area contributed by atoms with Crippen LogP contribution in [-0.4, -0.2) is 50.1 Å². The second-order valence-corrected chi connectivity index (χ2v) is 10.4. The Kier molecular flexibility index (Phi) is 4.35. The number of aliphatic hydroxyl groups is 3. The fourth-order valence-electron chi connectivity index (χ4n) is 7.26. The van der Waals surface area contributed by atoms with E-state index in [1.54, 1.807) is 6.08 Å². The van der Waals surface area contributed by atoms with E-state index in [2.05, 4.69) is 0 Å². The summed E-state index contributed by atoms with van der Waals surface area (Å²) < 4.78 is 0. The average molecular weight is 409 g/mol. The number of fused-ring (bicyclic) bond motifs is 5. The summed E-state index contributed by atoms with van der Waals surface area (Å²) in [4.78, 5) is 23.5. The van der Waals surface area contributed by atoms with E-state index in [0.29, 0.717) is 19.3 Å². The van der Waals surface area contributed by atoms with Crippen molar-refractivity contribution >= 4 is 23.2 Å². The minimum Gasteiger partial charge on any atom is -0.391 e. The minimum absolute atomic E-state index is 0.0567. The van der Waals surface area contributed by atoms with Crippen molar-refractivity contribution in [3.63, 3.8) is 0 Å². The molecule has 154 valence electrons. The summed E-state index contributed by atoms with van der Waals surface area (Å²) in [5, 5.41) is 32.3. The van der Waals surface area contributed by atoms with E-state index < -0.39 is 39.8 Å². The van der Waals surface area contributed by atoms with Crippen molar-refractivity contribution in [2.45, 2.75) is 63.0 Å². The molecule has 0 aliphatic heterocycles. The maximum Gasteiger partial charge on any atom is 0.190 e. The van der Waals surface area contributed by atoms with E-state index in [0.717, 1.165) is 5.57 Å². The number of ketones is 2. The number of alkyl halides is 1. The van der Waals surface area contributed by atoms with E-state index >= 15 is 0 Å². The number of aliphatic hydroxyl groups excluding tert-OH is 2. The minimum atomic E-state index is -1.68. The van der Waals surface area contributed by atoms with Crippen molar-refractivity contribution in [2.75, 3.05) is 6.61 Å². The van der Waals surface area contributed by atoms with Crippen molar-refractivity contribution in [3.8, 4) is 0 Å². The van der Waals surface area contributed by atoms with Gasteiger partial charge < -0.3 is 15.3 Å². The Bertz CT molecular complexity index is 805. The molecule has 0 saturated heterocycles. The molecule has 3 N–H and O–H groups in total. The predicted molar refractivity (Wildman–Crippen MR) is 105 cm³/mol. The largest absolute Gasteiger partial charge is 0.391 e. The van der Waals surface area contributed by atoms with Crippen LogP contribution >= 0.6 is 11.6 Å². The molecule has 4 aliphatic rings. The lowest BCUT2D eigenvalue weighted by Crippen LogP contribution is -2.69. The smallest absolute Gasteiger partial charge is 0.190 e. The Balaban J connectivity index is 1.84. The maximum atomic E-state index is 12.6. The lowest BCUT2D eigenvalue weighted by Gasteiger charge is -2.63. The van der Waals surface area contributed by atoms with E-state index in [1.165, 1.54) is 6.08 Å². The summed E-state index contributed by atoms with van der Waals surface area (Å²) in [7, 11) is 0. The Morgan fingerprint density at radius 3 is 2.64 bits per heavy atom. The number of Topliss-reactive ketones (excluding diaryl/α,β-unsaturated/α-hetero) is 1. The highest BCUT2D eigenvalue weighted by atomic mass is 35.5. The van der Waals surface area contributed by atoms with Gasteiger partial charge in [0, 0.05) is 10.8 Å². The van der Waals surface area contributed by atoms with Gasteiger partial charge in [-0.05, 0) is 55.6 Å². The zero-order chi connectivity index (χ0) is 20.7. The van der Waals surface area contributed by atoms with Crippen molar-refractivity contribution in [1.82, 2.24) is 0 Å². The van der Waals surface area contributed by atoms with Gasteiger partial charge in [0.1, 0.15) is 12.2 Å². The van der Waals surface area contributed by atoms with Crippen molar-refractivity contribution in [3.05, 3.63) is 23.8 Å². The average Bonchev–Trinajstić information content (AvgIpc) is 2.84. The van der Waals surface area contributed by atoms with Crippen LogP contribution in [0.3, 0.4) is 0 Å². The molecule has 4 aliphatic carbocycles. The lowest BCUT2D eigenvalue weighted by molar-refractivity contribution is -0.179. The third kappa shape index (κ3) is 2.09. The van der Waals surface area contributed by atoms with Crippen LogP contribution < -0.4 is 0 Å². The van der Waals surface area contributed by atoms with E-state index in [9.17, 15) is 24.9 Å². The van der Waals surface area contributed by atoms with Crippen LogP contribution in [0.15, 0.2) is 23.8 Å². The van der Waals surface area contributed by atoms with Gasteiger partial charge in [0.05, 0.1) is 11.0 Å². The van der Waals surface area contributed by atoms with Gasteiger partial charge in [-0.1, -0.05) is 32.4 Å². The predicted octanol–water partition coefficient (Wildman–Crippen LogP) is 2.17. The molecule has 6 heteroatoms. The summed E-state index contributed by atoms with van der Waals surface area (Å²) >= 11 is 7.30. The first-order valence-electron chi connectivity index (χ1n) is 10.1. The molecule has 0 heterocycles. The molecule has 3 saturated carbocycles. The molecule has 0 spiro atoms. The van der Waals surface area contributed by atoms with Gasteiger partial charge in [0.15, 0.2) is 11.6 Å². The Morgan fingerprint density at radius 1 is 1.32 bits per heavy atom. The molecule has 0 amide bonds. The fraction of sp³-hybridized carbons (Fsp3) is 0.727. The van der Waals surface area contributed by atoms with Crippen LogP contribution in [0.5, 0.6) is 0 Å².